The van der Waals surface area contributed by atoms with Crippen LogP contribution in [-0.2, 0) is 22.5 Å². The number of fused-ring (bicyclic) bond motifs is 2. The van der Waals surface area contributed by atoms with Gasteiger partial charge in [0.1, 0.15) is 29.0 Å². The Hall–Kier alpha value is -5.01. The maximum absolute atomic E-state index is 13.7. The van der Waals surface area contributed by atoms with Crippen molar-refractivity contribution in [1.82, 2.24) is 19.5 Å². The van der Waals surface area contributed by atoms with Gasteiger partial charge < -0.3 is 24.9 Å². The SMILES string of the molecule is CC(C)(Cn1cc(-c2ccc(N(C(=O)c3cc4c([nH]c3=O)CCCC4=O)C3CC3)cc2)c2c(N)ncnc21)OC(=O)C(F)(F)F. The van der Waals surface area contributed by atoms with Crippen LogP contribution in [0.3, 0.4) is 0 Å². The maximum Gasteiger partial charge on any atom is 0.490 e. The van der Waals surface area contributed by atoms with Crippen molar-refractivity contribution < 1.29 is 32.3 Å². The number of ether oxygens (including phenoxy) is 1. The smallest absolute Gasteiger partial charge is 0.451 e. The molecule has 2 aliphatic rings. The number of Topliss-reactive ketones (excluding diaryl/α,β-unsaturated/α-hetero) is 1. The first-order valence-electron chi connectivity index (χ1n) is 14.4. The lowest BCUT2D eigenvalue weighted by molar-refractivity contribution is -0.212. The number of pyridine rings is 1. The van der Waals surface area contributed by atoms with Crippen molar-refractivity contribution in [3.63, 3.8) is 0 Å². The summed E-state index contributed by atoms with van der Waals surface area (Å²) in [4.78, 5) is 63.3. The van der Waals surface area contributed by atoms with E-state index in [-0.39, 0.29) is 29.8 Å². The first kappa shape index (κ1) is 30.0. The van der Waals surface area contributed by atoms with E-state index in [4.69, 9.17) is 10.5 Å². The van der Waals surface area contributed by atoms with E-state index >= 15 is 0 Å². The number of rotatable bonds is 7. The van der Waals surface area contributed by atoms with Crippen molar-refractivity contribution in [2.45, 2.75) is 70.3 Å². The summed E-state index contributed by atoms with van der Waals surface area (Å²) in [6.07, 6.45) is 0.817. The third-order valence-electron chi connectivity index (χ3n) is 7.91. The van der Waals surface area contributed by atoms with Crippen LogP contribution in [0, 0.1) is 0 Å². The van der Waals surface area contributed by atoms with Gasteiger partial charge in [-0.1, -0.05) is 12.1 Å². The molecule has 45 heavy (non-hydrogen) atoms. The van der Waals surface area contributed by atoms with Gasteiger partial charge in [-0.3, -0.25) is 14.4 Å². The average molecular weight is 623 g/mol. The highest BCUT2D eigenvalue weighted by Crippen LogP contribution is 2.37. The fourth-order valence-electron chi connectivity index (χ4n) is 5.73. The summed E-state index contributed by atoms with van der Waals surface area (Å²) in [5.74, 6) is -2.77. The lowest BCUT2D eigenvalue weighted by Gasteiger charge is -2.26. The van der Waals surface area contributed by atoms with Crippen molar-refractivity contribution in [2.24, 2.45) is 0 Å². The van der Waals surface area contributed by atoms with Crippen LogP contribution in [0.25, 0.3) is 22.2 Å². The highest BCUT2D eigenvalue weighted by atomic mass is 19.4. The van der Waals surface area contributed by atoms with Gasteiger partial charge in [-0.05, 0) is 63.3 Å². The molecule has 0 radical (unpaired) electrons. The summed E-state index contributed by atoms with van der Waals surface area (Å²) >= 11 is 0. The van der Waals surface area contributed by atoms with Crippen molar-refractivity contribution in [3.05, 3.63) is 70.0 Å². The van der Waals surface area contributed by atoms with Gasteiger partial charge in [0.2, 0.25) is 0 Å². The van der Waals surface area contributed by atoms with E-state index in [0.29, 0.717) is 58.4 Å². The highest BCUT2D eigenvalue weighted by molar-refractivity contribution is 6.09. The minimum Gasteiger partial charge on any atom is -0.451 e. The fraction of sp³-hybridized carbons (Fsp3) is 0.355. The molecule has 234 valence electrons. The number of anilines is 2. The van der Waals surface area contributed by atoms with Gasteiger partial charge >= 0.3 is 12.1 Å². The summed E-state index contributed by atoms with van der Waals surface area (Å²) in [5, 5.41) is 0.448. The Labute approximate surface area is 254 Å². The Kier molecular flexibility index (Phi) is 7.25. The second-order valence-corrected chi connectivity index (χ2v) is 11.9. The highest BCUT2D eigenvalue weighted by Gasteiger charge is 2.44. The third kappa shape index (κ3) is 5.79. The van der Waals surface area contributed by atoms with Crippen LogP contribution in [-0.4, -0.2) is 55.0 Å². The van der Waals surface area contributed by atoms with E-state index in [0.717, 1.165) is 12.8 Å². The number of ketones is 1. The van der Waals surface area contributed by atoms with Crippen molar-refractivity contribution in [3.8, 4) is 11.1 Å². The normalized spacial score (nSPS) is 15.2. The number of aromatic amines is 1. The van der Waals surface area contributed by atoms with Crippen LogP contribution in [0.1, 0.15) is 65.9 Å². The van der Waals surface area contributed by atoms with Crippen LogP contribution in [0.2, 0.25) is 0 Å². The zero-order valence-corrected chi connectivity index (χ0v) is 24.4. The van der Waals surface area contributed by atoms with E-state index < -0.39 is 29.2 Å². The molecule has 1 amide bonds. The quantitative estimate of drug-likeness (QED) is 0.284. The van der Waals surface area contributed by atoms with Crippen LogP contribution in [0.15, 0.2) is 47.7 Å². The summed E-state index contributed by atoms with van der Waals surface area (Å²) in [6.45, 7) is 2.55. The number of nitrogens with zero attached hydrogens (tertiary/aromatic N) is 4. The molecule has 2 aliphatic carbocycles. The molecule has 6 rings (SSSR count). The average Bonchev–Trinajstić information content (AvgIpc) is 3.73. The first-order valence-corrected chi connectivity index (χ1v) is 14.4. The number of nitrogens with one attached hydrogen (secondary N) is 1. The number of nitrogens with two attached hydrogens (primary N) is 1. The Morgan fingerprint density at radius 2 is 1.80 bits per heavy atom. The predicted octanol–water partition coefficient (Wildman–Crippen LogP) is 4.58. The van der Waals surface area contributed by atoms with Crippen molar-refractivity contribution in [2.75, 3.05) is 10.6 Å². The first-order chi connectivity index (χ1) is 21.2. The van der Waals surface area contributed by atoms with Gasteiger partial charge in [-0.25, -0.2) is 14.8 Å². The number of hydrogen-bond acceptors (Lipinski definition) is 8. The van der Waals surface area contributed by atoms with Crippen LogP contribution < -0.4 is 16.2 Å². The molecule has 0 atom stereocenters. The molecule has 3 aromatic heterocycles. The van der Waals surface area contributed by atoms with Crippen LogP contribution in [0.4, 0.5) is 24.7 Å². The molecule has 0 spiro atoms. The Morgan fingerprint density at radius 1 is 1.09 bits per heavy atom. The number of hydrogen-bond donors (Lipinski definition) is 2. The summed E-state index contributed by atoms with van der Waals surface area (Å²) in [7, 11) is 0. The minimum absolute atomic E-state index is 0.0955. The molecule has 1 aromatic carbocycles. The molecule has 0 aliphatic heterocycles. The maximum atomic E-state index is 13.7. The van der Waals surface area contributed by atoms with Crippen molar-refractivity contribution in [1.29, 1.82) is 0 Å². The molecule has 1 fully saturated rings. The standard InChI is InChI=1S/C31H29F3N6O5/c1-30(2,45-29(44)31(32,33)34)14-39-13-21(24-25(35)36-15-37-26(24)39)16-6-8-17(9-7-16)40(18-10-11-18)28(43)20-12-19-22(38-27(20)42)4-3-5-23(19)41/h6-9,12-13,15,18H,3-5,10-11,14H2,1-2H3,(H,38,42)(H2,35,36,37). The summed E-state index contributed by atoms with van der Waals surface area (Å²) < 4.78 is 44.9. The molecule has 3 heterocycles. The number of carbonyl (C=O) groups excluding carboxylic acids is 3. The van der Waals surface area contributed by atoms with Crippen LogP contribution >= 0.6 is 0 Å². The Balaban J connectivity index is 1.33. The van der Waals surface area contributed by atoms with E-state index in [1.165, 1.54) is 26.2 Å². The van der Waals surface area contributed by atoms with Gasteiger partial charge in [-0.15, -0.1) is 0 Å². The van der Waals surface area contributed by atoms with E-state index in [2.05, 4.69) is 15.0 Å². The fourth-order valence-corrected chi connectivity index (χ4v) is 5.73. The number of aryl methyl sites for hydroxylation is 1. The lowest BCUT2D eigenvalue weighted by Crippen LogP contribution is -2.38. The zero-order valence-electron chi connectivity index (χ0n) is 24.4. The number of aromatic nitrogens is 4. The van der Waals surface area contributed by atoms with Crippen LogP contribution in [0.5, 0.6) is 0 Å². The summed E-state index contributed by atoms with van der Waals surface area (Å²) in [5.41, 5.74) is 7.04. The number of carbonyl (C=O) groups is 3. The topological polar surface area (TPSA) is 153 Å². The number of amides is 1. The third-order valence-corrected chi connectivity index (χ3v) is 7.91. The lowest BCUT2D eigenvalue weighted by atomic mass is 9.93. The predicted molar refractivity (Wildman–Crippen MR) is 158 cm³/mol. The Bertz CT molecular complexity index is 1910. The molecule has 4 aromatic rings. The monoisotopic (exact) mass is 622 g/mol. The molecule has 14 heteroatoms. The van der Waals surface area contributed by atoms with Gasteiger partial charge in [0.15, 0.2) is 5.78 Å². The van der Waals surface area contributed by atoms with E-state index in [1.807, 2.05) is 0 Å². The number of halogens is 3. The molecular weight excluding hydrogens is 593 g/mol. The second-order valence-electron chi connectivity index (χ2n) is 11.9. The molecule has 1 saturated carbocycles. The summed E-state index contributed by atoms with van der Waals surface area (Å²) in [6, 6.07) is 8.25. The second kappa shape index (κ2) is 10.9. The van der Waals surface area contributed by atoms with E-state index in [9.17, 15) is 32.3 Å². The Morgan fingerprint density at radius 3 is 2.47 bits per heavy atom. The number of esters is 1. The molecule has 0 saturated heterocycles. The van der Waals surface area contributed by atoms with Gasteiger partial charge in [0, 0.05) is 41.2 Å². The molecule has 0 unspecified atom stereocenters. The number of alkyl halides is 3. The molecule has 0 bridgehead atoms. The van der Waals surface area contributed by atoms with Gasteiger partial charge in [0.05, 0.1) is 11.9 Å². The van der Waals surface area contributed by atoms with Crippen molar-refractivity contribution >= 4 is 40.2 Å². The number of H-pyrrole nitrogens is 1. The molecular formula is C31H29F3N6O5. The number of nitrogen functional groups attached to an aromatic ring is 1. The van der Waals surface area contributed by atoms with Gasteiger partial charge in [-0.2, -0.15) is 13.2 Å². The zero-order chi connectivity index (χ0) is 32.3. The molecule has 3 N–H and O–H groups in total. The minimum atomic E-state index is -5.14. The van der Waals surface area contributed by atoms with E-state index in [1.54, 1.807) is 39.9 Å². The van der Waals surface area contributed by atoms with Gasteiger partial charge in [0.25, 0.3) is 11.5 Å². The number of benzene rings is 1. The molecule has 11 nitrogen and oxygen atoms in total. The largest absolute Gasteiger partial charge is 0.490 e.